The summed E-state index contributed by atoms with van der Waals surface area (Å²) in [7, 11) is -1.05. The average molecular weight is 290 g/mol. The number of hydrogen-bond donors (Lipinski definition) is 1. The molecular weight excluding hydrogens is 270 g/mol. The Labute approximate surface area is 117 Å². The van der Waals surface area contributed by atoms with Crippen molar-refractivity contribution in [3.8, 4) is 0 Å². The minimum atomic E-state index is -1.05. The Kier molecular flexibility index (Phi) is 6.18. The van der Waals surface area contributed by atoms with Crippen LogP contribution in [-0.2, 0) is 10.8 Å². The third-order valence-electron chi connectivity index (χ3n) is 3.01. The van der Waals surface area contributed by atoms with Crippen LogP contribution in [0.2, 0.25) is 0 Å². The van der Waals surface area contributed by atoms with Gasteiger partial charge in [-0.2, -0.15) is 0 Å². The van der Waals surface area contributed by atoms with Gasteiger partial charge >= 0.3 is 0 Å². The molecule has 1 unspecified atom stereocenters. The van der Waals surface area contributed by atoms with Gasteiger partial charge in [-0.1, -0.05) is 0 Å². The number of nitrogens with zero attached hydrogens (tertiary/aromatic N) is 2. The molecule has 0 spiro atoms. The molecule has 2 heterocycles. The minimum Gasteiger partial charge on any atom is -0.317 e. The molecule has 1 fully saturated rings. The number of halogens is 1. The van der Waals surface area contributed by atoms with Crippen molar-refractivity contribution >= 4 is 23.2 Å². The lowest BCUT2D eigenvalue weighted by molar-refractivity contribution is 0.405. The van der Waals surface area contributed by atoms with Crippen molar-refractivity contribution in [3.05, 3.63) is 17.5 Å². The zero-order valence-corrected chi connectivity index (χ0v) is 12.4. The van der Waals surface area contributed by atoms with Gasteiger partial charge in [0.2, 0.25) is 5.16 Å². The van der Waals surface area contributed by atoms with Crippen LogP contribution in [0, 0.1) is 19.8 Å². The van der Waals surface area contributed by atoms with Gasteiger partial charge in [0.25, 0.3) is 0 Å². The summed E-state index contributed by atoms with van der Waals surface area (Å²) >= 11 is 0. The molecule has 1 saturated heterocycles. The van der Waals surface area contributed by atoms with Crippen LogP contribution in [0.4, 0.5) is 0 Å². The molecule has 1 aliphatic heterocycles. The van der Waals surface area contributed by atoms with Crippen molar-refractivity contribution in [2.24, 2.45) is 5.92 Å². The van der Waals surface area contributed by atoms with Crippen LogP contribution in [0.15, 0.2) is 11.2 Å². The first-order chi connectivity index (χ1) is 8.15. The van der Waals surface area contributed by atoms with E-state index in [1.54, 1.807) is 0 Å². The maximum absolute atomic E-state index is 12.2. The van der Waals surface area contributed by atoms with Crippen molar-refractivity contribution in [1.82, 2.24) is 15.3 Å². The number of rotatable bonds is 3. The fourth-order valence-electron chi connectivity index (χ4n) is 2.13. The third kappa shape index (κ3) is 4.30. The van der Waals surface area contributed by atoms with Crippen molar-refractivity contribution in [2.45, 2.75) is 31.8 Å². The van der Waals surface area contributed by atoms with E-state index in [9.17, 15) is 4.21 Å². The van der Waals surface area contributed by atoms with E-state index >= 15 is 0 Å². The standard InChI is InChI=1S/C12H19N3OS.ClH/c1-9-7-10(2)15-12(14-9)17(16)8-11-3-5-13-6-4-11;/h7,11,13H,3-6,8H2,1-2H3;1H. The van der Waals surface area contributed by atoms with Gasteiger partial charge in [-0.25, -0.2) is 9.97 Å². The number of nitrogens with one attached hydrogen (secondary N) is 1. The summed E-state index contributed by atoms with van der Waals surface area (Å²) in [5.41, 5.74) is 1.79. The molecular formula is C12H20ClN3OS. The van der Waals surface area contributed by atoms with Crippen molar-refractivity contribution in [1.29, 1.82) is 0 Å². The van der Waals surface area contributed by atoms with Gasteiger partial charge in [-0.05, 0) is 51.8 Å². The number of aromatic nitrogens is 2. The lowest BCUT2D eigenvalue weighted by Gasteiger charge is -2.21. The minimum absolute atomic E-state index is 0. The summed E-state index contributed by atoms with van der Waals surface area (Å²) in [6.45, 7) is 5.91. The average Bonchev–Trinajstić information content (AvgIpc) is 2.29. The van der Waals surface area contributed by atoms with E-state index in [4.69, 9.17) is 0 Å². The number of aryl methyl sites for hydroxylation is 2. The van der Waals surface area contributed by atoms with Gasteiger partial charge in [0.1, 0.15) is 0 Å². The Bertz CT molecular complexity index is 402. The Balaban J connectivity index is 0.00000162. The molecule has 2 rings (SSSR count). The molecule has 0 saturated carbocycles. The monoisotopic (exact) mass is 289 g/mol. The topological polar surface area (TPSA) is 54.9 Å². The predicted octanol–water partition coefficient (Wildman–Crippen LogP) is 1.62. The molecule has 1 N–H and O–H groups in total. The Morgan fingerprint density at radius 3 is 2.39 bits per heavy atom. The number of piperidine rings is 1. The molecule has 0 bridgehead atoms. The second kappa shape index (κ2) is 7.16. The largest absolute Gasteiger partial charge is 0.317 e. The van der Waals surface area contributed by atoms with E-state index in [1.807, 2.05) is 19.9 Å². The third-order valence-corrected chi connectivity index (χ3v) is 4.38. The van der Waals surface area contributed by atoms with Crippen LogP contribution in [0.1, 0.15) is 24.2 Å². The molecule has 1 aromatic rings. The fraction of sp³-hybridized carbons (Fsp3) is 0.667. The van der Waals surface area contributed by atoms with Crippen LogP contribution < -0.4 is 5.32 Å². The molecule has 1 aliphatic rings. The van der Waals surface area contributed by atoms with E-state index in [-0.39, 0.29) is 12.4 Å². The fourth-order valence-corrected chi connectivity index (χ4v) is 3.53. The summed E-state index contributed by atoms with van der Waals surface area (Å²) in [6, 6.07) is 1.91. The van der Waals surface area contributed by atoms with Gasteiger partial charge in [-0.15, -0.1) is 12.4 Å². The highest BCUT2D eigenvalue weighted by Gasteiger charge is 2.18. The molecule has 102 valence electrons. The zero-order valence-electron chi connectivity index (χ0n) is 10.8. The van der Waals surface area contributed by atoms with E-state index in [1.165, 1.54) is 0 Å². The smallest absolute Gasteiger partial charge is 0.218 e. The molecule has 4 nitrogen and oxygen atoms in total. The van der Waals surface area contributed by atoms with Crippen LogP contribution in [0.5, 0.6) is 0 Å². The first-order valence-electron chi connectivity index (χ1n) is 6.06. The van der Waals surface area contributed by atoms with Crippen LogP contribution in [0.3, 0.4) is 0 Å². The summed E-state index contributed by atoms with van der Waals surface area (Å²) < 4.78 is 12.2. The summed E-state index contributed by atoms with van der Waals surface area (Å²) in [5, 5.41) is 3.82. The zero-order chi connectivity index (χ0) is 12.3. The lowest BCUT2D eigenvalue weighted by atomic mass is 10.0. The highest BCUT2D eigenvalue weighted by molar-refractivity contribution is 7.84. The predicted molar refractivity (Wildman–Crippen MR) is 75.6 cm³/mol. The molecule has 0 amide bonds. The highest BCUT2D eigenvalue weighted by atomic mass is 35.5. The molecule has 18 heavy (non-hydrogen) atoms. The molecule has 0 radical (unpaired) electrons. The van der Waals surface area contributed by atoms with Crippen molar-refractivity contribution in [3.63, 3.8) is 0 Å². The highest BCUT2D eigenvalue weighted by Crippen LogP contribution is 2.15. The van der Waals surface area contributed by atoms with Crippen LogP contribution in [0.25, 0.3) is 0 Å². The van der Waals surface area contributed by atoms with Gasteiger partial charge in [0, 0.05) is 17.1 Å². The summed E-state index contributed by atoms with van der Waals surface area (Å²) in [5.74, 6) is 1.24. The maximum Gasteiger partial charge on any atom is 0.218 e. The molecule has 6 heteroatoms. The quantitative estimate of drug-likeness (QED) is 0.859. The van der Waals surface area contributed by atoms with E-state index in [2.05, 4.69) is 15.3 Å². The Hall–Kier alpha value is -0.520. The van der Waals surface area contributed by atoms with Crippen molar-refractivity contribution in [2.75, 3.05) is 18.8 Å². The second-order valence-electron chi connectivity index (χ2n) is 4.64. The maximum atomic E-state index is 12.2. The van der Waals surface area contributed by atoms with Gasteiger partial charge in [0.15, 0.2) is 0 Å². The van der Waals surface area contributed by atoms with Crippen LogP contribution in [-0.4, -0.2) is 33.0 Å². The van der Waals surface area contributed by atoms with Gasteiger partial charge in [-0.3, -0.25) is 4.21 Å². The van der Waals surface area contributed by atoms with Gasteiger partial charge in [0.05, 0.1) is 10.8 Å². The second-order valence-corrected chi connectivity index (χ2v) is 6.03. The SMILES string of the molecule is Cc1cc(C)nc(S(=O)CC2CCNCC2)n1.Cl. The molecule has 0 aromatic carbocycles. The van der Waals surface area contributed by atoms with E-state index < -0.39 is 10.8 Å². The number of hydrogen-bond acceptors (Lipinski definition) is 4. The normalized spacial score (nSPS) is 18.1. The van der Waals surface area contributed by atoms with E-state index in [0.717, 1.165) is 37.3 Å². The molecule has 1 aromatic heterocycles. The summed E-state index contributed by atoms with van der Waals surface area (Å²) in [4.78, 5) is 8.55. The first-order valence-corrected chi connectivity index (χ1v) is 7.38. The van der Waals surface area contributed by atoms with Crippen molar-refractivity contribution < 1.29 is 4.21 Å². The van der Waals surface area contributed by atoms with Gasteiger partial charge < -0.3 is 5.32 Å². The first kappa shape index (κ1) is 15.5. The Morgan fingerprint density at radius 1 is 1.28 bits per heavy atom. The van der Waals surface area contributed by atoms with E-state index in [0.29, 0.717) is 16.8 Å². The summed E-state index contributed by atoms with van der Waals surface area (Å²) in [6.07, 6.45) is 2.22. The van der Waals surface area contributed by atoms with Crippen LogP contribution >= 0.6 is 12.4 Å². The molecule has 0 aliphatic carbocycles. The Morgan fingerprint density at radius 2 is 1.83 bits per heavy atom. The lowest BCUT2D eigenvalue weighted by Crippen LogP contribution is -2.30. The molecule has 1 atom stereocenters.